The summed E-state index contributed by atoms with van der Waals surface area (Å²) in [5, 5.41) is 3.61. The molecule has 2 aliphatic heterocycles. The molecule has 0 aromatic rings. The zero-order chi connectivity index (χ0) is 15.3. The number of guanidine groups is 1. The Labute approximate surface area is 159 Å². The second-order valence-corrected chi connectivity index (χ2v) is 7.61. The lowest BCUT2D eigenvalue weighted by molar-refractivity contribution is 0.202. The molecular weight excluding hydrogens is 399 g/mol. The predicted molar refractivity (Wildman–Crippen MR) is 109 cm³/mol. The SMILES string of the molecule is CN=C(NCCN1CCCCC1)N1CCC2(CCCCC2)C1.I. The average Bonchev–Trinajstić information content (AvgIpc) is 2.96. The Hall–Kier alpha value is -0.0400. The highest BCUT2D eigenvalue weighted by molar-refractivity contribution is 14.0. The maximum absolute atomic E-state index is 4.54. The summed E-state index contributed by atoms with van der Waals surface area (Å²) in [6.45, 7) is 7.20. The van der Waals surface area contributed by atoms with Crippen molar-refractivity contribution in [3.8, 4) is 0 Å². The van der Waals surface area contributed by atoms with Crippen LogP contribution in [0.25, 0.3) is 0 Å². The van der Waals surface area contributed by atoms with E-state index >= 15 is 0 Å². The molecule has 134 valence electrons. The normalized spacial score (nSPS) is 25.4. The number of aliphatic imine (C=N–C) groups is 1. The van der Waals surface area contributed by atoms with Crippen molar-refractivity contribution >= 4 is 29.9 Å². The van der Waals surface area contributed by atoms with Crippen LogP contribution < -0.4 is 5.32 Å². The topological polar surface area (TPSA) is 30.9 Å². The van der Waals surface area contributed by atoms with E-state index in [1.165, 1.54) is 84.0 Å². The van der Waals surface area contributed by atoms with E-state index in [0.717, 1.165) is 19.0 Å². The first-order valence-electron chi connectivity index (χ1n) is 9.49. The molecule has 5 heteroatoms. The first-order valence-corrected chi connectivity index (χ1v) is 9.49. The number of nitrogens with one attached hydrogen (secondary N) is 1. The third-order valence-corrected chi connectivity index (χ3v) is 6.02. The monoisotopic (exact) mass is 434 g/mol. The Kier molecular flexibility index (Phi) is 7.92. The number of halogens is 1. The minimum absolute atomic E-state index is 0. The molecule has 0 unspecified atom stereocenters. The van der Waals surface area contributed by atoms with Gasteiger partial charge in [0.05, 0.1) is 0 Å². The van der Waals surface area contributed by atoms with Crippen LogP contribution in [0, 0.1) is 5.41 Å². The number of rotatable bonds is 3. The van der Waals surface area contributed by atoms with Crippen LogP contribution in [-0.4, -0.2) is 62.1 Å². The molecule has 2 heterocycles. The molecule has 3 aliphatic rings. The standard InChI is InChI=1S/C18H34N4.HI/c1-19-17(20-11-15-21-12-6-3-7-13-21)22-14-10-18(16-22)8-4-2-5-9-18;/h2-16H2,1H3,(H,19,20);1H. The van der Waals surface area contributed by atoms with Gasteiger partial charge in [0.1, 0.15) is 0 Å². The third kappa shape index (κ3) is 5.21. The molecule has 4 nitrogen and oxygen atoms in total. The molecule has 0 amide bonds. The Morgan fingerprint density at radius 2 is 1.65 bits per heavy atom. The summed E-state index contributed by atoms with van der Waals surface area (Å²) in [5.41, 5.74) is 0.614. The van der Waals surface area contributed by atoms with Crippen LogP contribution in [-0.2, 0) is 0 Å². The summed E-state index contributed by atoms with van der Waals surface area (Å²) in [6, 6.07) is 0. The molecule has 1 aliphatic carbocycles. The quantitative estimate of drug-likeness (QED) is 0.420. The summed E-state index contributed by atoms with van der Waals surface area (Å²) in [7, 11) is 1.94. The van der Waals surface area contributed by atoms with Gasteiger partial charge in [-0.3, -0.25) is 4.99 Å². The minimum atomic E-state index is 0. The Morgan fingerprint density at radius 3 is 2.35 bits per heavy atom. The van der Waals surface area contributed by atoms with Gasteiger partial charge in [-0.2, -0.15) is 0 Å². The lowest BCUT2D eigenvalue weighted by Crippen LogP contribution is -2.45. The first kappa shape index (κ1) is 19.3. The Balaban J connectivity index is 0.00000192. The first-order chi connectivity index (χ1) is 10.8. The molecule has 1 N–H and O–H groups in total. The second kappa shape index (κ2) is 9.44. The number of likely N-dealkylation sites (tertiary alicyclic amines) is 2. The predicted octanol–water partition coefficient (Wildman–Crippen LogP) is 3.32. The van der Waals surface area contributed by atoms with Crippen LogP contribution in [0.2, 0.25) is 0 Å². The van der Waals surface area contributed by atoms with E-state index in [-0.39, 0.29) is 24.0 Å². The molecule has 1 spiro atoms. The summed E-state index contributed by atoms with van der Waals surface area (Å²) in [4.78, 5) is 9.65. The van der Waals surface area contributed by atoms with Crippen LogP contribution in [0.4, 0.5) is 0 Å². The van der Waals surface area contributed by atoms with Crippen molar-refractivity contribution < 1.29 is 0 Å². The lowest BCUT2D eigenvalue weighted by atomic mass is 9.73. The maximum atomic E-state index is 4.54. The van der Waals surface area contributed by atoms with Crippen molar-refractivity contribution in [2.75, 3.05) is 46.3 Å². The molecule has 0 radical (unpaired) electrons. The van der Waals surface area contributed by atoms with E-state index in [4.69, 9.17) is 0 Å². The highest BCUT2D eigenvalue weighted by Crippen LogP contribution is 2.43. The number of hydrogen-bond acceptors (Lipinski definition) is 2. The fourth-order valence-electron chi connectivity index (χ4n) is 4.67. The van der Waals surface area contributed by atoms with Gasteiger partial charge in [0.2, 0.25) is 0 Å². The van der Waals surface area contributed by atoms with Crippen LogP contribution in [0.3, 0.4) is 0 Å². The van der Waals surface area contributed by atoms with Crippen molar-refractivity contribution in [2.45, 2.75) is 57.8 Å². The molecule has 3 rings (SSSR count). The van der Waals surface area contributed by atoms with Crippen molar-refractivity contribution in [3.05, 3.63) is 0 Å². The minimum Gasteiger partial charge on any atom is -0.355 e. The molecular formula is C18H35IN4. The van der Waals surface area contributed by atoms with Gasteiger partial charge in [0.25, 0.3) is 0 Å². The van der Waals surface area contributed by atoms with Crippen molar-refractivity contribution in [1.29, 1.82) is 0 Å². The Morgan fingerprint density at radius 1 is 0.957 bits per heavy atom. The van der Waals surface area contributed by atoms with E-state index in [2.05, 4.69) is 20.1 Å². The van der Waals surface area contributed by atoms with Crippen LogP contribution in [0.5, 0.6) is 0 Å². The van der Waals surface area contributed by atoms with Crippen molar-refractivity contribution in [2.24, 2.45) is 10.4 Å². The molecule has 2 saturated heterocycles. The molecule has 0 aromatic heterocycles. The van der Waals surface area contributed by atoms with Gasteiger partial charge in [-0.25, -0.2) is 0 Å². The van der Waals surface area contributed by atoms with Gasteiger partial charge >= 0.3 is 0 Å². The lowest BCUT2D eigenvalue weighted by Gasteiger charge is -2.34. The fraction of sp³-hybridized carbons (Fsp3) is 0.944. The zero-order valence-electron chi connectivity index (χ0n) is 14.9. The average molecular weight is 434 g/mol. The van der Waals surface area contributed by atoms with Crippen LogP contribution >= 0.6 is 24.0 Å². The molecule has 3 fully saturated rings. The van der Waals surface area contributed by atoms with E-state index in [1.807, 2.05) is 7.05 Å². The molecule has 1 saturated carbocycles. The van der Waals surface area contributed by atoms with Gasteiger partial charge in [-0.05, 0) is 50.6 Å². The van der Waals surface area contributed by atoms with E-state index < -0.39 is 0 Å². The molecule has 0 atom stereocenters. The van der Waals surface area contributed by atoms with Crippen molar-refractivity contribution in [1.82, 2.24) is 15.1 Å². The summed E-state index contributed by atoms with van der Waals surface area (Å²) in [6.07, 6.45) is 12.8. The fourth-order valence-corrected chi connectivity index (χ4v) is 4.67. The van der Waals surface area contributed by atoms with Gasteiger partial charge < -0.3 is 15.1 Å². The molecule has 0 aromatic carbocycles. The number of hydrogen-bond donors (Lipinski definition) is 1. The summed E-state index contributed by atoms with van der Waals surface area (Å²) in [5.74, 6) is 1.14. The molecule has 0 bridgehead atoms. The number of nitrogens with zero attached hydrogens (tertiary/aromatic N) is 3. The van der Waals surface area contributed by atoms with E-state index in [9.17, 15) is 0 Å². The van der Waals surface area contributed by atoms with Crippen LogP contribution in [0.15, 0.2) is 4.99 Å². The molecule has 23 heavy (non-hydrogen) atoms. The summed E-state index contributed by atoms with van der Waals surface area (Å²) >= 11 is 0. The van der Waals surface area contributed by atoms with E-state index in [1.54, 1.807) is 0 Å². The highest BCUT2D eigenvalue weighted by Gasteiger charge is 2.39. The highest BCUT2D eigenvalue weighted by atomic mass is 127. The van der Waals surface area contributed by atoms with Crippen molar-refractivity contribution in [3.63, 3.8) is 0 Å². The van der Waals surface area contributed by atoms with Gasteiger partial charge in [-0.1, -0.05) is 25.7 Å². The van der Waals surface area contributed by atoms with Crippen LogP contribution in [0.1, 0.15) is 57.8 Å². The Bertz CT molecular complexity index is 373. The number of piperidine rings is 1. The van der Waals surface area contributed by atoms with E-state index in [0.29, 0.717) is 5.41 Å². The summed E-state index contributed by atoms with van der Waals surface area (Å²) < 4.78 is 0. The third-order valence-electron chi connectivity index (χ3n) is 6.02. The second-order valence-electron chi connectivity index (χ2n) is 7.61. The van der Waals surface area contributed by atoms with Gasteiger partial charge in [0.15, 0.2) is 5.96 Å². The maximum Gasteiger partial charge on any atom is 0.193 e. The largest absolute Gasteiger partial charge is 0.355 e. The smallest absolute Gasteiger partial charge is 0.193 e. The van der Waals surface area contributed by atoms with Gasteiger partial charge in [-0.15, -0.1) is 24.0 Å². The zero-order valence-corrected chi connectivity index (χ0v) is 17.2. The van der Waals surface area contributed by atoms with Gasteiger partial charge in [0, 0.05) is 33.2 Å².